The SMILES string of the molecule is CCCCCCOc1ccc(C(=O)Oc2ccc(/C=C/C(=O)OC)cc2)cc1. The second kappa shape index (κ2) is 11.6. The van der Waals surface area contributed by atoms with Crippen LogP contribution in [0.3, 0.4) is 0 Å². The Hall–Kier alpha value is -3.08. The molecule has 0 aliphatic rings. The third-order valence-corrected chi connectivity index (χ3v) is 4.06. The van der Waals surface area contributed by atoms with E-state index in [-0.39, 0.29) is 0 Å². The van der Waals surface area contributed by atoms with Gasteiger partial charge in [0.05, 0.1) is 19.3 Å². The number of carbonyl (C=O) groups is 2. The van der Waals surface area contributed by atoms with Crippen molar-refractivity contribution in [3.63, 3.8) is 0 Å². The number of hydrogen-bond donors (Lipinski definition) is 0. The van der Waals surface area contributed by atoms with E-state index in [4.69, 9.17) is 9.47 Å². The number of unbranched alkanes of at least 4 members (excludes halogenated alkanes) is 3. The summed E-state index contributed by atoms with van der Waals surface area (Å²) >= 11 is 0. The fourth-order valence-electron chi connectivity index (χ4n) is 2.45. The number of methoxy groups -OCH3 is 1. The molecule has 0 spiro atoms. The van der Waals surface area contributed by atoms with Gasteiger partial charge in [0.25, 0.3) is 0 Å². The first-order valence-corrected chi connectivity index (χ1v) is 9.43. The molecular weight excluding hydrogens is 356 g/mol. The minimum atomic E-state index is -0.438. The van der Waals surface area contributed by atoms with Gasteiger partial charge in [-0.25, -0.2) is 9.59 Å². The van der Waals surface area contributed by atoms with Gasteiger partial charge in [0.15, 0.2) is 0 Å². The minimum Gasteiger partial charge on any atom is -0.494 e. The molecule has 148 valence electrons. The van der Waals surface area contributed by atoms with Crippen molar-refractivity contribution in [1.82, 2.24) is 0 Å². The van der Waals surface area contributed by atoms with E-state index >= 15 is 0 Å². The average molecular weight is 382 g/mol. The highest BCUT2D eigenvalue weighted by Crippen LogP contribution is 2.17. The van der Waals surface area contributed by atoms with Gasteiger partial charge in [-0.3, -0.25) is 0 Å². The molecule has 0 radical (unpaired) electrons. The van der Waals surface area contributed by atoms with Crippen LogP contribution in [0.25, 0.3) is 6.08 Å². The first-order chi connectivity index (χ1) is 13.6. The van der Waals surface area contributed by atoms with Gasteiger partial charge < -0.3 is 14.2 Å². The molecule has 0 saturated heterocycles. The maximum absolute atomic E-state index is 12.3. The predicted octanol–water partition coefficient (Wildman–Crippen LogP) is 5.05. The Kier molecular flexibility index (Phi) is 8.79. The molecule has 0 bridgehead atoms. The van der Waals surface area contributed by atoms with Crippen LogP contribution in [-0.4, -0.2) is 25.7 Å². The number of ether oxygens (including phenoxy) is 3. The Morgan fingerprint density at radius 1 is 0.893 bits per heavy atom. The number of carbonyl (C=O) groups excluding carboxylic acids is 2. The average Bonchev–Trinajstić information content (AvgIpc) is 2.73. The van der Waals surface area contributed by atoms with Crippen molar-refractivity contribution in [2.45, 2.75) is 32.6 Å². The Balaban J connectivity index is 1.85. The molecule has 0 aliphatic heterocycles. The fraction of sp³-hybridized carbons (Fsp3) is 0.304. The van der Waals surface area contributed by atoms with E-state index in [1.54, 1.807) is 54.6 Å². The van der Waals surface area contributed by atoms with Crippen LogP contribution in [0.15, 0.2) is 54.6 Å². The predicted molar refractivity (Wildman–Crippen MR) is 109 cm³/mol. The third-order valence-electron chi connectivity index (χ3n) is 4.06. The van der Waals surface area contributed by atoms with Crippen molar-refractivity contribution in [3.05, 3.63) is 65.7 Å². The number of hydrogen-bond acceptors (Lipinski definition) is 5. The normalized spacial score (nSPS) is 10.6. The molecule has 0 saturated carbocycles. The molecular formula is C23H26O5. The van der Waals surface area contributed by atoms with Gasteiger partial charge in [-0.15, -0.1) is 0 Å². The van der Waals surface area contributed by atoms with Crippen molar-refractivity contribution < 1.29 is 23.8 Å². The summed E-state index contributed by atoms with van der Waals surface area (Å²) in [6.45, 7) is 2.86. The Morgan fingerprint density at radius 3 is 2.21 bits per heavy atom. The van der Waals surface area contributed by atoms with Crippen LogP contribution >= 0.6 is 0 Å². The quantitative estimate of drug-likeness (QED) is 0.249. The Morgan fingerprint density at radius 2 is 1.57 bits per heavy atom. The molecule has 0 aromatic heterocycles. The first-order valence-electron chi connectivity index (χ1n) is 9.43. The molecule has 0 fully saturated rings. The van der Waals surface area contributed by atoms with E-state index in [1.807, 2.05) is 0 Å². The van der Waals surface area contributed by atoms with Crippen LogP contribution in [-0.2, 0) is 9.53 Å². The van der Waals surface area contributed by atoms with Gasteiger partial charge in [-0.1, -0.05) is 38.3 Å². The van der Waals surface area contributed by atoms with Gasteiger partial charge in [-0.2, -0.15) is 0 Å². The third kappa shape index (κ3) is 7.27. The summed E-state index contributed by atoms with van der Waals surface area (Å²) in [5.41, 5.74) is 1.25. The lowest BCUT2D eigenvalue weighted by molar-refractivity contribution is -0.134. The van der Waals surface area contributed by atoms with E-state index in [9.17, 15) is 9.59 Å². The molecule has 2 aromatic carbocycles. The summed E-state index contributed by atoms with van der Waals surface area (Å²) in [4.78, 5) is 23.3. The van der Waals surface area contributed by atoms with Crippen LogP contribution in [0.2, 0.25) is 0 Å². The van der Waals surface area contributed by atoms with Crippen molar-refractivity contribution in [2.24, 2.45) is 0 Å². The fourth-order valence-corrected chi connectivity index (χ4v) is 2.45. The number of rotatable bonds is 10. The zero-order valence-electron chi connectivity index (χ0n) is 16.4. The molecule has 0 aliphatic carbocycles. The molecule has 0 atom stereocenters. The lowest BCUT2D eigenvalue weighted by Gasteiger charge is -2.08. The molecule has 2 rings (SSSR count). The largest absolute Gasteiger partial charge is 0.494 e. The van der Waals surface area contributed by atoms with Crippen molar-refractivity contribution in [1.29, 1.82) is 0 Å². The smallest absolute Gasteiger partial charge is 0.343 e. The van der Waals surface area contributed by atoms with E-state index in [1.165, 1.54) is 26.0 Å². The maximum Gasteiger partial charge on any atom is 0.343 e. The van der Waals surface area contributed by atoms with Crippen LogP contribution in [0.1, 0.15) is 48.5 Å². The second-order valence-corrected chi connectivity index (χ2v) is 6.25. The molecule has 5 nitrogen and oxygen atoms in total. The van der Waals surface area contributed by atoms with Gasteiger partial charge in [0.1, 0.15) is 11.5 Å². The molecule has 28 heavy (non-hydrogen) atoms. The van der Waals surface area contributed by atoms with E-state index < -0.39 is 11.9 Å². The van der Waals surface area contributed by atoms with Gasteiger partial charge in [-0.05, 0) is 54.5 Å². The van der Waals surface area contributed by atoms with Gasteiger partial charge in [0, 0.05) is 6.08 Å². The Labute approximate surface area is 165 Å². The lowest BCUT2D eigenvalue weighted by atomic mass is 10.2. The van der Waals surface area contributed by atoms with E-state index in [0.29, 0.717) is 17.9 Å². The van der Waals surface area contributed by atoms with Gasteiger partial charge in [0.2, 0.25) is 0 Å². The molecule has 0 N–H and O–H groups in total. The standard InChI is InChI=1S/C23H26O5/c1-3-4-5-6-17-27-20-14-10-19(11-15-20)23(25)28-21-12-7-18(8-13-21)9-16-22(24)26-2/h7-16H,3-6,17H2,1-2H3/b16-9+. The van der Waals surface area contributed by atoms with Crippen molar-refractivity contribution >= 4 is 18.0 Å². The van der Waals surface area contributed by atoms with Crippen molar-refractivity contribution in [2.75, 3.05) is 13.7 Å². The summed E-state index contributed by atoms with van der Waals surface area (Å²) in [5, 5.41) is 0. The molecule has 2 aromatic rings. The number of benzene rings is 2. The summed E-state index contributed by atoms with van der Waals surface area (Å²) in [6.07, 6.45) is 7.56. The highest BCUT2D eigenvalue weighted by atomic mass is 16.5. The monoisotopic (exact) mass is 382 g/mol. The highest BCUT2D eigenvalue weighted by molar-refractivity contribution is 5.91. The second-order valence-electron chi connectivity index (χ2n) is 6.25. The highest BCUT2D eigenvalue weighted by Gasteiger charge is 2.09. The zero-order chi connectivity index (χ0) is 20.2. The number of esters is 2. The van der Waals surface area contributed by atoms with Crippen LogP contribution in [0.4, 0.5) is 0 Å². The van der Waals surface area contributed by atoms with Crippen LogP contribution < -0.4 is 9.47 Å². The van der Waals surface area contributed by atoms with E-state index in [2.05, 4.69) is 11.7 Å². The summed E-state index contributed by atoms with van der Waals surface area (Å²) in [5.74, 6) is 0.308. The van der Waals surface area contributed by atoms with Crippen LogP contribution in [0.5, 0.6) is 11.5 Å². The van der Waals surface area contributed by atoms with E-state index in [0.717, 1.165) is 24.2 Å². The summed E-state index contributed by atoms with van der Waals surface area (Å²) in [7, 11) is 1.32. The molecule has 0 amide bonds. The first kappa shape index (κ1) is 21.2. The lowest BCUT2D eigenvalue weighted by Crippen LogP contribution is -2.08. The molecule has 0 unspecified atom stereocenters. The Bertz CT molecular complexity index is 776. The maximum atomic E-state index is 12.3. The topological polar surface area (TPSA) is 61.8 Å². The van der Waals surface area contributed by atoms with Crippen molar-refractivity contribution in [3.8, 4) is 11.5 Å². The summed E-state index contributed by atoms with van der Waals surface area (Å²) in [6, 6.07) is 13.8. The van der Waals surface area contributed by atoms with Crippen LogP contribution in [0, 0.1) is 0 Å². The molecule has 5 heteroatoms. The van der Waals surface area contributed by atoms with Gasteiger partial charge >= 0.3 is 11.9 Å². The summed E-state index contributed by atoms with van der Waals surface area (Å²) < 4.78 is 15.6. The minimum absolute atomic E-state index is 0.427. The zero-order valence-corrected chi connectivity index (χ0v) is 16.4. The molecule has 0 heterocycles.